The van der Waals surface area contributed by atoms with Crippen LogP contribution < -0.4 is 15.0 Å². The van der Waals surface area contributed by atoms with Crippen LogP contribution in [0, 0.1) is 0 Å². The van der Waals surface area contributed by atoms with Crippen molar-refractivity contribution in [1.82, 2.24) is 5.32 Å². The maximum absolute atomic E-state index is 12.8. The topological polar surface area (TPSA) is 58.6 Å². The van der Waals surface area contributed by atoms with Gasteiger partial charge in [0.1, 0.15) is 12.4 Å². The Kier molecular flexibility index (Phi) is 6.35. The first-order valence-corrected chi connectivity index (χ1v) is 11.0. The molecule has 4 rings (SSSR count). The summed E-state index contributed by atoms with van der Waals surface area (Å²) in [4.78, 5) is 27.2. The van der Waals surface area contributed by atoms with Crippen molar-refractivity contribution in [1.29, 1.82) is 0 Å². The lowest BCUT2D eigenvalue weighted by molar-refractivity contribution is -0.125. The van der Waals surface area contributed by atoms with Crippen molar-refractivity contribution in [3.63, 3.8) is 0 Å². The van der Waals surface area contributed by atoms with Gasteiger partial charge in [0, 0.05) is 17.9 Å². The number of halogens is 1. The Balaban J connectivity index is 1.41. The number of ether oxygens (including phenoxy) is 1. The van der Waals surface area contributed by atoms with E-state index in [1.165, 1.54) is 0 Å². The van der Waals surface area contributed by atoms with Gasteiger partial charge in [-0.25, -0.2) is 0 Å². The summed E-state index contributed by atoms with van der Waals surface area (Å²) in [5.41, 5.74) is 2.70. The molecule has 0 bridgehead atoms. The van der Waals surface area contributed by atoms with Crippen LogP contribution in [-0.4, -0.2) is 25.0 Å². The summed E-state index contributed by atoms with van der Waals surface area (Å²) < 4.78 is 5.60. The third-order valence-corrected chi connectivity index (χ3v) is 5.93. The van der Waals surface area contributed by atoms with Crippen LogP contribution in [-0.2, 0) is 9.59 Å². The number of hydrogen-bond acceptors (Lipinski definition) is 4. The van der Waals surface area contributed by atoms with Crippen molar-refractivity contribution in [2.45, 2.75) is 18.9 Å². The Labute approximate surface area is 184 Å². The van der Waals surface area contributed by atoms with Crippen molar-refractivity contribution in [3.8, 4) is 5.75 Å². The average Bonchev–Trinajstić information content (AvgIpc) is 3.31. The highest BCUT2D eigenvalue weighted by Crippen LogP contribution is 2.31. The summed E-state index contributed by atoms with van der Waals surface area (Å²) in [6.07, 6.45) is 0.254. The number of thiophene rings is 1. The number of para-hydroxylation sites is 2. The van der Waals surface area contributed by atoms with Gasteiger partial charge in [-0.05, 0) is 52.2 Å². The van der Waals surface area contributed by atoms with Gasteiger partial charge in [0.15, 0.2) is 0 Å². The van der Waals surface area contributed by atoms with Gasteiger partial charge in [0.25, 0.3) is 0 Å². The van der Waals surface area contributed by atoms with Crippen molar-refractivity contribution >= 4 is 40.4 Å². The molecule has 1 aromatic heterocycles. The summed E-state index contributed by atoms with van der Waals surface area (Å²) in [6, 6.07) is 16.6. The first kappa shape index (κ1) is 20.4. The third-order valence-electron chi connectivity index (χ3n) is 4.98. The minimum absolute atomic E-state index is 0.0838. The maximum atomic E-state index is 12.8. The molecule has 0 spiro atoms. The van der Waals surface area contributed by atoms with E-state index in [0.717, 1.165) is 16.8 Å². The number of rotatable bonds is 6. The lowest BCUT2D eigenvalue weighted by atomic mass is 10.0. The number of carbonyl (C=O) groups is 2. The molecule has 0 fully saturated rings. The van der Waals surface area contributed by atoms with Crippen molar-refractivity contribution in [3.05, 3.63) is 81.5 Å². The predicted octanol–water partition coefficient (Wildman–Crippen LogP) is 4.81. The number of amides is 2. The molecule has 5 nitrogen and oxygen atoms in total. The number of nitrogens with zero attached hydrogens (tertiary/aromatic N) is 1. The van der Waals surface area contributed by atoms with Crippen LogP contribution in [0.1, 0.15) is 30.0 Å². The molecule has 30 heavy (non-hydrogen) atoms. The largest absolute Gasteiger partial charge is 0.490 e. The van der Waals surface area contributed by atoms with E-state index in [9.17, 15) is 9.59 Å². The average molecular weight is 441 g/mol. The molecule has 2 heterocycles. The lowest BCUT2D eigenvalue weighted by Gasteiger charge is -2.29. The molecule has 0 radical (unpaired) electrons. The highest BCUT2D eigenvalue weighted by atomic mass is 35.5. The molecule has 0 saturated heterocycles. The van der Waals surface area contributed by atoms with Crippen LogP contribution in [0.3, 0.4) is 0 Å². The monoisotopic (exact) mass is 440 g/mol. The molecule has 1 N–H and O–H groups in total. The van der Waals surface area contributed by atoms with E-state index in [1.807, 2.05) is 65.4 Å². The fourth-order valence-corrected chi connectivity index (χ4v) is 4.28. The lowest BCUT2D eigenvalue weighted by Crippen LogP contribution is -2.38. The molecular weight excluding hydrogens is 420 g/mol. The molecule has 2 aromatic carbocycles. The second-order valence-corrected chi connectivity index (χ2v) is 8.19. The highest BCUT2D eigenvalue weighted by Gasteiger charge is 2.24. The Morgan fingerprint density at radius 3 is 2.63 bits per heavy atom. The van der Waals surface area contributed by atoms with E-state index in [0.29, 0.717) is 23.9 Å². The molecule has 1 unspecified atom stereocenters. The Morgan fingerprint density at radius 2 is 1.87 bits per heavy atom. The Hall–Kier alpha value is -2.83. The molecule has 1 aliphatic rings. The zero-order valence-electron chi connectivity index (χ0n) is 16.2. The Bertz CT molecular complexity index is 1020. The second kappa shape index (κ2) is 9.32. The van der Waals surface area contributed by atoms with Gasteiger partial charge >= 0.3 is 0 Å². The number of anilines is 1. The smallest absolute Gasteiger partial charge is 0.227 e. The molecule has 0 saturated carbocycles. The summed E-state index contributed by atoms with van der Waals surface area (Å²) >= 11 is 7.58. The number of carbonyl (C=O) groups excluding carboxylic acids is 2. The van der Waals surface area contributed by atoms with Crippen LogP contribution >= 0.6 is 22.9 Å². The van der Waals surface area contributed by atoms with E-state index >= 15 is 0 Å². The van der Waals surface area contributed by atoms with Crippen molar-refractivity contribution < 1.29 is 14.3 Å². The van der Waals surface area contributed by atoms with Crippen molar-refractivity contribution in [2.75, 3.05) is 18.1 Å². The van der Waals surface area contributed by atoms with Gasteiger partial charge in [-0.3, -0.25) is 9.59 Å². The quantitative estimate of drug-likeness (QED) is 0.598. The highest BCUT2D eigenvalue weighted by molar-refractivity contribution is 7.08. The normalized spacial score (nSPS) is 13.8. The van der Waals surface area contributed by atoms with E-state index < -0.39 is 0 Å². The summed E-state index contributed by atoms with van der Waals surface area (Å²) in [6.45, 7) is 0.936. The van der Waals surface area contributed by atoms with Crippen molar-refractivity contribution in [2.24, 2.45) is 0 Å². The van der Waals surface area contributed by atoms with E-state index in [2.05, 4.69) is 5.32 Å². The van der Waals surface area contributed by atoms with Gasteiger partial charge < -0.3 is 15.0 Å². The minimum Gasteiger partial charge on any atom is -0.490 e. The third kappa shape index (κ3) is 4.66. The molecule has 7 heteroatoms. The van der Waals surface area contributed by atoms with Gasteiger partial charge in [-0.1, -0.05) is 35.9 Å². The van der Waals surface area contributed by atoms with Crippen LogP contribution in [0.2, 0.25) is 5.02 Å². The molecule has 2 amide bonds. The Morgan fingerprint density at radius 1 is 1.07 bits per heavy atom. The zero-order valence-corrected chi connectivity index (χ0v) is 17.8. The molecule has 1 atom stereocenters. The van der Waals surface area contributed by atoms with Gasteiger partial charge in [0.2, 0.25) is 11.8 Å². The number of benzene rings is 2. The van der Waals surface area contributed by atoms with Gasteiger partial charge in [-0.2, -0.15) is 11.3 Å². The summed E-state index contributed by atoms with van der Waals surface area (Å²) in [7, 11) is 0. The number of hydrogen-bond donors (Lipinski definition) is 1. The number of fused-ring (bicyclic) bond motifs is 1. The predicted molar refractivity (Wildman–Crippen MR) is 119 cm³/mol. The fourth-order valence-electron chi connectivity index (χ4n) is 3.47. The number of nitrogens with one attached hydrogen (secondary N) is 1. The molecular formula is C23H21ClN2O3S. The van der Waals surface area contributed by atoms with Crippen LogP contribution in [0.25, 0.3) is 0 Å². The van der Waals surface area contributed by atoms with Crippen LogP contribution in [0.15, 0.2) is 65.4 Å². The van der Waals surface area contributed by atoms with E-state index in [1.54, 1.807) is 16.2 Å². The molecule has 154 valence electrons. The first-order valence-electron chi connectivity index (χ1n) is 9.71. The zero-order chi connectivity index (χ0) is 20.9. The first-order chi connectivity index (χ1) is 14.6. The van der Waals surface area contributed by atoms with Gasteiger partial charge in [-0.15, -0.1) is 0 Å². The van der Waals surface area contributed by atoms with E-state index in [4.69, 9.17) is 16.3 Å². The van der Waals surface area contributed by atoms with Gasteiger partial charge in [0.05, 0.1) is 18.3 Å². The minimum atomic E-state index is -0.278. The van der Waals surface area contributed by atoms with Crippen LogP contribution in [0.4, 0.5) is 5.69 Å². The standard InChI is InChI=1S/C23H21ClN2O3S/c24-18-7-5-16(6-8-18)23(17-11-14-30-15-17)25-21(27)9-10-22(28)26-12-13-29-20-4-2-1-3-19(20)26/h1-8,11,14-15,23H,9-10,12-13H2,(H,25,27). The molecule has 3 aromatic rings. The molecule has 0 aliphatic carbocycles. The summed E-state index contributed by atoms with van der Waals surface area (Å²) in [5.74, 6) is 0.442. The fraction of sp³-hybridized carbons (Fsp3) is 0.217. The molecule has 1 aliphatic heterocycles. The summed E-state index contributed by atoms with van der Waals surface area (Å²) in [5, 5.41) is 7.69. The van der Waals surface area contributed by atoms with E-state index in [-0.39, 0.29) is 30.7 Å². The second-order valence-electron chi connectivity index (χ2n) is 6.97. The SMILES string of the molecule is O=C(CCC(=O)N1CCOc2ccccc21)NC(c1ccc(Cl)cc1)c1ccsc1. The van der Waals surface area contributed by atoms with Crippen LogP contribution in [0.5, 0.6) is 5.75 Å². The maximum Gasteiger partial charge on any atom is 0.227 e.